The monoisotopic (exact) mass is 407 g/mol. The number of thiophene rings is 1. The molecule has 0 unspecified atom stereocenters. The number of anilines is 1. The number of nitrogens with zero attached hydrogens (tertiary/aromatic N) is 3. The van der Waals surface area contributed by atoms with Gasteiger partial charge in [-0.15, -0.1) is 11.3 Å². The Balaban J connectivity index is 1.91. The lowest BCUT2D eigenvalue weighted by Gasteiger charge is -2.24. The molecule has 4 aromatic rings. The highest BCUT2D eigenvalue weighted by molar-refractivity contribution is 7.19. The van der Waals surface area contributed by atoms with Crippen LogP contribution in [0.5, 0.6) is 0 Å². The van der Waals surface area contributed by atoms with Crippen LogP contribution < -0.4 is 4.90 Å². The van der Waals surface area contributed by atoms with Crippen LogP contribution in [0.25, 0.3) is 21.3 Å². The lowest BCUT2D eigenvalue weighted by molar-refractivity contribution is 0.301. The molecule has 0 atom stereocenters. The average molecular weight is 408 g/mol. The Morgan fingerprint density at radius 1 is 1.00 bits per heavy atom. The molecule has 0 bridgehead atoms. The van der Waals surface area contributed by atoms with Gasteiger partial charge in [-0.05, 0) is 37.1 Å². The van der Waals surface area contributed by atoms with E-state index >= 15 is 0 Å². The minimum Gasteiger partial charge on any atom is -0.395 e. The van der Waals surface area contributed by atoms with Crippen LogP contribution in [0.3, 0.4) is 0 Å². The molecular weight excluding hydrogens is 385 g/mol. The van der Waals surface area contributed by atoms with Crippen molar-refractivity contribution in [3.05, 3.63) is 76.7 Å². The van der Waals surface area contributed by atoms with E-state index in [1.807, 2.05) is 25.1 Å². The Bertz CT molecular complexity index is 1130. The summed E-state index contributed by atoms with van der Waals surface area (Å²) in [4.78, 5) is 13.5. The van der Waals surface area contributed by atoms with Crippen molar-refractivity contribution < 1.29 is 9.50 Å². The van der Waals surface area contributed by atoms with Crippen LogP contribution in [0.4, 0.5) is 10.2 Å². The summed E-state index contributed by atoms with van der Waals surface area (Å²) >= 11 is 1.61. The van der Waals surface area contributed by atoms with Gasteiger partial charge in [0.15, 0.2) is 0 Å². The van der Waals surface area contributed by atoms with Crippen LogP contribution in [-0.4, -0.2) is 28.2 Å². The quantitative estimate of drug-likeness (QED) is 0.482. The Kier molecular flexibility index (Phi) is 5.56. The summed E-state index contributed by atoms with van der Waals surface area (Å²) in [6, 6.07) is 16.7. The molecule has 0 aliphatic carbocycles. The third kappa shape index (κ3) is 3.99. The fourth-order valence-electron chi connectivity index (χ4n) is 3.57. The van der Waals surface area contributed by atoms with Crippen molar-refractivity contribution in [2.75, 3.05) is 18.1 Å². The normalized spacial score (nSPS) is 11.2. The Morgan fingerprint density at radius 3 is 2.41 bits per heavy atom. The van der Waals surface area contributed by atoms with Crippen molar-refractivity contribution in [3.8, 4) is 11.1 Å². The van der Waals surface area contributed by atoms with Crippen LogP contribution in [0.1, 0.15) is 16.3 Å². The van der Waals surface area contributed by atoms with Gasteiger partial charge in [0.05, 0.1) is 12.0 Å². The number of hydrogen-bond donors (Lipinski definition) is 1. The molecule has 148 valence electrons. The molecular formula is C23H22FN3OS. The fourth-order valence-corrected chi connectivity index (χ4v) is 4.66. The molecule has 0 radical (unpaired) electrons. The molecule has 0 saturated carbocycles. The average Bonchev–Trinajstić information content (AvgIpc) is 3.04. The summed E-state index contributed by atoms with van der Waals surface area (Å²) < 4.78 is 13.5. The number of aliphatic hydroxyl groups excluding tert-OH is 1. The van der Waals surface area contributed by atoms with E-state index in [4.69, 9.17) is 4.98 Å². The molecule has 29 heavy (non-hydrogen) atoms. The maximum absolute atomic E-state index is 13.5. The van der Waals surface area contributed by atoms with E-state index in [0.717, 1.165) is 37.6 Å². The van der Waals surface area contributed by atoms with Gasteiger partial charge in [-0.1, -0.05) is 42.5 Å². The van der Waals surface area contributed by atoms with Gasteiger partial charge in [0, 0.05) is 23.5 Å². The molecule has 2 heterocycles. The maximum Gasteiger partial charge on any atom is 0.142 e. The second-order valence-corrected chi connectivity index (χ2v) is 8.15. The zero-order chi connectivity index (χ0) is 20.4. The van der Waals surface area contributed by atoms with Gasteiger partial charge < -0.3 is 10.0 Å². The molecule has 2 aromatic heterocycles. The van der Waals surface area contributed by atoms with E-state index in [0.29, 0.717) is 18.9 Å². The first-order valence-corrected chi connectivity index (χ1v) is 10.3. The van der Waals surface area contributed by atoms with Gasteiger partial charge in [0.25, 0.3) is 0 Å². The molecule has 0 saturated heterocycles. The zero-order valence-corrected chi connectivity index (χ0v) is 17.2. The number of benzene rings is 2. The summed E-state index contributed by atoms with van der Waals surface area (Å²) in [6.07, 6.45) is 0. The van der Waals surface area contributed by atoms with Crippen molar-refractivity contribution in [1.82, 2.24) is 9.97 Å². The first kappa shape index (κ1) is 19.5. The summed E-state index contributed by atoms with van der Waals surface area (Å²) in [5.74, 6) is 1.23. The minimum atomic E-state index is -0.260. The van der Waals surface area contributed by atoms with Gasteiger partial charge in [-0.3, -0.25) is 0 Å². The molecule has 1 N–H and O–H groups in total. The van der Waals surface area contributed by atoms with E-state index < -0.39 is 0 Å². The van der Waals surface area contributed by atoms with E-state index in [2.05, 4.69) is 28.9 Å². The predicted octanol–water partition coefficient (Wildman–Crippen LogP) is 5.11. The van der Waals surface area contributed by atoms with Gasteiger partial charge in [0.2, 0.25) is 0 Å². The van der Waals surface area contributed by atoms with Crippen LogP contribution in [-0.2, 0) is 6.54 Å². The Hall–Kier alpha value is -2.83. The minimum absolute atomic E-state index is 0.0202. The van der Waals surface area contributed by atoms with Crippen LogP contribution in [0.15, 0.2) is 54.6 Å². The topological polar surface area (TPSA) is 49.2 Å². The number of aromatic nitrogens is 2. The Morgan fingerprint density at radius 2 is 1.72 bits per heavy atom. The highest BCUT2D eigenvalue weighted by atomic mass is 32.1. The summed E-state index contributed by atoms with van der Waals surface area (Å²) in [6.45, 7) is 5.04. The number of hydrogen-bond acceptors (Lipinski definition) is 5. The van der Waals surface area contributed by atoms with Crippen molar-refractivity contribution >= 4 is 27.4 Å². The van der Waals surface area contributed by atoms with E-state index in [1.54, 1.807) is 23.5 Å². The summed E-state index contributed by atoms with van der Waals surface area (Å²) in [5, 5.41) is 10.7. The van der Waals surface area contributed by atoms with Crippen molar-refractivity contribution in [2.24, 2.45) is 0 Å². The predicted molar refractivity (Wildman–Crippen MR) is 117 cm³/mol. The smallest absolute Gasteiger partial charge is 0.142 e. The highest BCUT2D eigenvalue weighted by Crippen LogP contribution is 2.42. The van der Waals surface area contributed by atoms with Gasteiger partial charge in [-0.2, -0.15) is 0 Å². The SMILES string of the molecule is Cc1nc(N(CCO)Cc2ccccc2)c2c(-c3ccc(F)cc3)c(C)sc2n1. The van der Waals surface area contributed by atoms with Crippen LogP contribution >= 0.6 is 11.3 Å². The molecule has 4 nitrogen and oxygen atoms in total. The maximum atomic E-state index is 13.5. The third-order valence-electron chi connectivity index (χ3n) is 4.84. The lowest BCUT2D eigenvalue weighted by Crippen LogP contribution is -2.27. The van der Waals surface area contributed by atoms with E-state index in [-0.39, 0.29) is 12.4 Å². The zero-order valence-electron chi connectivity index (χ0n) is 16.4. The van der Waals surface area contributed by atoms with Crippen molar-refractivity contribution in [2.45, 2.75) is 20.4 Å². The fraction of sp³-hybridized carbons (Fsp3) is 0.217. The molecule has 0 aliphatic heterocycles. The van der Waals surface area contributed by atoms with Gasteiger partial charge >= 0.3 is 0 Å². The van der Waals surface area contributed by atoms with Gasteiger partial charge in [0.1, 0.15) is 22.3 Å². The Labute approximate surface area is 173 Å². The standard InChI is InChI=1S/C23H22FN3OS/c1-15-20(18-8-10-19(24)11-9-18)21-22(25-16(2)26-23(21)29-15)27(12-13-28)14-17-6-4-3-5-7-17/h3-11,28H,12-14H2,1-2H3. The molecule has 0 amide bonds. The van der Waals surface area contributed by atoms with E-state index in [9.17, 15) is 9.50 Å². The van der Waals surface area contributed by atoms with Crippen molar-refractivity contribution in [3.63, 3.8) is 0 Å². The first-order chi connectivity index (χ1) is 14.1. The number of fused-ring (bicyclic) bond motifs is 1. The van der Waals surface area contributed by atoms with E-state index in [1.165, 1.54) is 12.1 Å². The van der Waals surface area contributed by atoms with Gasteiger partial charge in [-0.25, -0.2) is 14.4 Å². The highest BCUT2D eigenvalue weighted by Gasteiger charge is 2.21. The number of rotatable bonds is 6. The molecule has 0 aliphatic rings. The van der Waals surface area contributed by atoms with Crippen LogP contribution in [0, 0.1) is 19.7 Å². The summed E-state index contributed by atoms with van der Waals surface area (Å²) in [5.41, 5.74) is 3.10. The molecule has 6 heteroatoms. The second-order valence-electron chi connectivity index (χ2n) is 6.95. The third-order valence-corrected chi connectivity index (χ3v) is 5.84. The molecule has 0 spiro atoms. The second kappa shape index (κ2) is 8.27. The molecule has 0 fully saturated rings. The number of halogens is 1. The largest absolute Gasteiger partial charge is 0.395 e. The lowest BCUT2D eigenvalue weighted by atomic mass is 10.0. The van der Waals surface area contributed by atoms with Crippen molar-refractivity contribution in [1.29, 1.82) is 0 Å². The summed E-state index contributed by atoms with van der Waals surface area (Å²) in [7, 11) is 0. The van der Waals surface area contributed by atoms with Crippen LogP contribution in [0.2, 0.25) is 0 Å². The molecule has 4 rings (SSSR count). The number of aryl methyl sites for hydroxylation is 2. The number of aliphatic hydroxyl groups is 1. The first-order valence-electron chi connectivity index (χ1n) is 9.50. The molecule has 2 aromatic carbocycles.